The molecule has 1 aliphatic rings. The number of benzene rings is 1. The first-order valence-corrected chi connectivity index (χ1v) is 10.8. The maximum absolute atomic E-state index is 5.93. The Morgan fingerprint density at radius 2 is 1.93 bits per heavy atom. The van der Waals surface area contributed by atoms with Gasteiger partial charge in [0.15, 0.2) is 5.96 Å². The lowest BCUT2D eigenvalue weighted by molar-refractivity contribution is 0.164. The van der Waals surface area contributed by atoms with Gasteiger partial charge in [-0.3, -0.25) is 9.89 Å². The van der Waals surface area contributed by atoms with E-state index in [2.05, 4.69) is 37.6 Å². The third-order valence-electron chi connectivity index (χ3n) is 5.54. The lowest BCUT2D eigenvalue weighted by Gasteiger charge is -2.31. The maximum Gasteiger partial charge on any atom is 0.208 e. The summed E-state index contributed by atoms with van der Waals surface area (Å²) in [4.78, 5) is 11.3. The Morgan fingerprint density at radius 3 is 2.55 bits per heavy atom. The number of piperidine rings is 1. The SMILES string of the molecule is CN=C(NCCc1ccc(Cl)cc1)NCC1CCN(Cc2nc(C)c(C)o2)CC1. The van der Waals surface area contributed by atoms with Crippen molar-refractivity contribution >= 4 is 17.6 Å². The molecule has 1 saturated heterocycles. The summed E-state index contributed by atoms with van der Waals surface area (Å²) in [6, 6.07) is 7.99. The van der Waals surface area contributed by atoms with Gasteiger partial charge in [0.2, 0.25) is 5.89 Å². The summed E-state index contributed by atoms with van der Waals surface area (Å²) in [5.41, 5.74) is 2.26. The average molecular weight is 418 g/mol. The molecule has 0 saturated carbocycles. The zero-order chi connectivity index (χ0) is 20.6. The van der Waals surface area contributed by atoms with Gasteiger partial charge in [-0.2, -0.15) is 0 Å². The normalized spacial score (nSPS) is 16.2. The summed E-state index contributed by atoms with van der Waals surface area (Å²) in [5.74, 6) is 3.29. The topological polar surface area (TPSA) is 65.7 Å². The highest BCUT2D eigenvalue weighted by Crippen LogP contribution is 2.19. The van der Waals surface area contributed by atoms with Crippen LogP contribution >= 0.6 is 11.6 Å². The standard InChI is InChI=1S/C22H32ClN5O/c1-16-17(2)29-21(27-16)15-28-12-9-19(10-13-28)14-26-22(24-3)25-11-8-18-4-6-20(23)7-5-18/h4-7,19H,8-15H2,1-3H3,(H2,24,25,26). The van der Waals surface area contributed by atoms with Crippen LogP contribution in [0.3, 0.4) is 0 Å². The van der Waals surface area contributed by atoms with E-state index in [1.807, 2.05) is 33.0 Å². The number of aliphatic imine (C=N–C) groups is 1. The number of aromatic nitrogens is 1. The number of nitrogens with one attached hydrogen (secondary N) is 2. The summed E-state index contributed by atoms with van der Waals surface area (Å²) >= 11 is 5.93. The Kier molecular flexibility index (Phi) is 7.95. The van der Waals surface area contributed by atoms with E-state index in [0.29, 0.717) is 5.92 Å². The van der Waals surface area contributed by atoms with Crippen molar-refractivity contribution in [3.05, 3.63) is 52.2 Å². The van der Waals surface area contributed by atoms with Crippen LogP contribution in [-0.2, 0) is 13.0 Å². The Bertz CT molecular complexity index is 775. The zero-order valence-corrected chi connectivity index (χ0v) is 18.4. The molecule has 0 bridgehead atoms. The third kappa shape index (κ3) is 6.75. The lowest BCUT2D eigenvalue weighted by atomic mass is 9.97. The molecule has 2 heterocycles. The smallest absolute Gasteiger partial charge is 0.208 e. The minimum absolute atomic E-state index is 0.661. The van der Waals surface area contributed by atoms with Crippen LogP contribution in [0.2, 0.25) is 5.02 Å². The third-order valence-corrected chi connectivity index (χ3v) is 5.79. The molecule has 0 unspecified atom stereocenters. The minimum atomic E-state index is 0.661. The lowest BCUT2D eigenvalue weighted by Crippen LogP contribution is -2.43. The fourth-order valence-corrected chi connectivity index (χ4v) is 3.71. The van der Waals surface area contributed by atoms with E-state index in [0.717, 1.165) is 67.5 Å². The number of oxazole rings is 1. The number of nitrogens with zero attached hydrogens (tertiary/aromatic N) is 3. The van der Waals surface area contributed by atoms with Crippen molar-refractivity contribution in [2.24, 2.45) is 10.9 Å². The van der Waals surface area contributed by atoms with Crippen molar-refractivity contribution in [1.82, 2.24) is 20.5 Å². The molecule has 1 fully saturated rings. The molecule has 1 aliphatic heterocycles. The van der Waals surface area contributed by atoms with Crippen LogP contribution in [0.1, 0.15) is 35.7 Å². The summed E-state index contributed by atoms with van der Waals surface area (Å²) in [6.07, 6.45) is 3.29. The highest BCUT2D eigenvalue weighted by atomic mass is 35.5. The Balaban J connectivity index is 1.33. The molecule has 158 valence electrons. The van der Waals surface area contributed by atoms with E-state index < -0.39 is 0 Å². The van der Waals surface area contributed by atoms with E-state index in [4.69, 9.17) is 16.0 Å². The summed E-state index contributed by atoms with van der Waals surface area (Å²) in [5, 5.41) is 7.65. The van der Waals surface area contributed by atoms with Gasteiger partial charge >= 0.3 is 0 Å². The Morgan fingerprint density at radius 1 is 1.21 bits per heavy atom. The van der Waals surface area contributed by atoms with Gasteiger partial charge < -0.3 is 15.1 Å². The quantitative estimate of drug-likeness (QED) is 0.532. The molecule has 0 atom stereocenters. The number of hydrogen-bond acceptors (Lipinski definition) is 4. The van der Waals surface area contributed by atoms with Gasteiger partial charge in [-0.05, 0) is 69.8 Å². The molecule has 29 heavy (non-hydrogen) atoms. The summed E-state index contributed by atoms with van der Waals surface area (Å²) < 4.78 is 5.72. The number of likely N-dealkylation sites (tertiary alicyclic amines) is 1. The molecule has 2 N–H and O–H groups in total. The summed E-state index contributed by atoms with van der Waals surface area (Å²) in [6.45, 7) is 8.73. The second-order valence-corrected chi connectivity index (χ2v) is 8.16. The molecule has 7 heteroatoms. The van der Waals surface area contributed by atoms with Gasteiger partial charge in [0.05, 0.1) is 12.2 Å². The highest BCUT2D eigenvalue weighted by Gasteiger charge is 2.21. The van der Waals surface area contributed by atoms with Gasteiger partial charge in [-0.1, -0.05) is 23.7 Å². The molecule has 2 aromatic rings. The predicted molar refractivity (Wildman–Crippen MR) is 118 cm³/mol. The first-order chi connectivity index (χ1) is 14.0. The molecule has 0 aliphatic carbocycles. The highest BCUT2D eigenvalue weighted by molar-refractivity contribution is 6.30. The molecular formula is C22H32ClN5O. The first kappa shape index (κ1) is 21.7. The van der Waals surface area contributed by atoms with Crippen molar-refractivity contribution in [3.8, 4) is 0 Å². The molecule has 3 rings (SSSR count). The van der Waals surface area contributed by atoms with Crippen LogP contribution in [-0.4, -0.2) is 49.1 Å². The monoisotopic (exact) mass is 417 g/mol. The number of hydrogen-bond donors (Lipinski definition) is 2. The van der Waals surface area contributed by atoms with Crippen LogP contribution < -0.4 is 10.6 Å². The number of halogens is 1. The fraction of sp³-hybridized carbons (Fsp3) is 0.545. The van der Waals surface area contributed by atoms with Gasteiger partial charge in [0, 0.05) is 25.2 Å². The molecule has 6 nitrogen and oxygen atoms in total. The van der Waals surface area contributed by atoms with Crippen LogP contribution in [0, 0.1) is 19.8 Å². The average Bonchev–Trinajstić information content (AvgIpc) is 3.04. The maximum atomic E-state index is 5.93. The second-order valence-electron chi connectivity index (χ2n) is 7.73. The second kappa shape index (κ2) is 10.6. The van der Waals surface area contributed by atoms with E-state index in [-0.39, 0.29) is 0 Å². The van der Waals surface area contributed by atoms with Crippen LogP contribution in [0.4, 0.5) is 0 Å². The largest absolute Gasteiger partial charge is 0.444 e. The number of rotatable bonds is 7. The molecule has 0 radical (unpaired) electrons. The fourth-order valence-electron chi connectivity index (χ4n) is 3.58. The molecule has 1 aromatic carbocycles. The van der Waals surface area contributed by atoms with Crippen LogP contribution in [0.25, 0.3) is 0 Å². The zero-order valence-electron chi connectivity index (χ0n) is 17.7. The summed E-state index contributed by atoms with van der Waals surface area (Å²) in [7, 11) is 1.82. The molecule has 0 amide bonds. The van der Waals surface area contributed by atoms with Crippen LogP contribution in [0.5, 0.6) is 0 Å². The van der Waals surface area contributed by atoms with Gasteiger partial charge in [-0.15, -0.1) is 0 Å². The van der Waals surface area contributed by atoms with Crippen LogP contribution in [0.15, 0.2) is 33.7 Å². The van der Waals surface area contributed by atoms with Crippen molar-refractivity contribution in [2.75, 3.05) is 33.2 Å². The van der Waals surface area contributed by atoms with Crippen molar-refractivity contribution in [2.45, 2.75) is 39.7 Å². The van der Waals surface area contributed by atoms with E-state index >= 15 is 0 Å². The molecular weight excluding hydrogens is 386 g/mol. The predicted octanol–water partition coefficient (Wildman–Crippen LogP) is 3.56. The molecule has 1 aromatic heterocycles. The van der Waals surface area contributed by atoms with Gasteiger partial charge in [-0.25, -0.2) is 4.98 Å². The Hall–Kier alpha value is -2.05. The van der Waals surface area contributed by atoms with E-state index in [1.54, 1.807) is 0 Å². The minimum Gasteiger partial charge on any atom is -0.444 e. The van der Waals surface area contributed by atoms with Gasteiger partial charge in [0.1, 0.15) is 5.76 Å². The van der Waals surface area contributed by atoms with E-state index in [9.17, 15) is 0 Å². The van der Waals surface area contributed by atoms with Crippen molar-refractivity contribution in [3.63, 3.8) is 0 Å². The van der Waals surface area contributed by atoms with E-state index in [1.165, 1.54) is 18.4 Å². The number of guanidine groups is 1. The van der Waals surface area contributed by atoms with Crippen molar-refractivity contribution < 1.29 is 4.42 Å². The van der Waals surface area contributed by atoms with Gasteiger partial charge in [0.25, 0.3) is 0 Å². The first-order valence-electron chi connectivity index (χ1n) is 10.4. The number of aryl methyl sites for hydroxylation is 2. The Labute approximate surface area is 178 Å². The van der Waals surface area contributed by atoms with Crippen molar-refractivity contribution in [1.29, 1.82) is 0 Å². The molecule has 0 spiro atoms.